The van der Waals surface area contributed by atoms with Crippen LogP contribution in [0.1, 0.15) is 25.3 Å². The molecule has 1 atom stereocenters. The molecular formula is C16H22N2O2. The first-order valence-electron chi connectivity index (χ1n) is 7.24. The molecule has 20 heavy (non-hydrogen) atoms. The van der Waals surface area contributed by atoms with Gasteiger partial charge in [-0.15, -0.1) is 0 Å². The fraction of sp³-hybridized carbons (Fsp3) is 0.562. The minimum Gasteiger partial charge on any atom is -0.491 e. The standard InChI is InChI=1S/C16H22N2O2/c1-2-18(10-14-3-4-14)11-15(19)12-20-16-7-5-13(9-17)6-8-16/h5-8,14-15,19H,2-4,10-12H2,1H3. The van der Waals surface area contributed by atoms with E-state index < -0.39 is 6.10 Å². The van der Waals surface area contributed by atoms with Crippen LogP contribution in [-0.4, -0.2) is 42.4 Å². The Balaban J connectivity index is 1.72. The summed E-state index contributed by atoms with van der Waals surface area (Å²) >= 11 is 0. The second-order valence-corrected chi connectivity index (χ2v) is 5.40. The van der Waals surface area contributed by atoms with Crippen LogP contribution in [0.25, 0.3) is 0 Å². The van der Waals surface area contributed by atoms with Gasteiger partial charge in [0.15, 0.2) is 0 Å². The zero-order valence-electron chi connectivity index (χ0n) is 12.0. The van der Waals surface area contributed by atoms with Crippen LogP contribution in [0.4, 0.5) is 0 Å². The van der Waals surface area contributed by atoms with Crippen LogP contribution in [0.3, 0.4) is 0 Å². The van der Waals surface area contributed by atoms with Crippen molar-refractivity contribution in [3.05, 3.63) is 29.8 Å². The van der Waals surface area contributed by atoms with Crippen LogP contribution in [0, 0.1) is 17.2 Å². The van der Waals surface area contributed by atoms with Gasteiger partial charge < -0.3 is 14.7 Å². The largest absolute Gasteiger partial charge is 0.491 e. The van der Waals surface area contributed by atoms with Gasteiger partial charge in [0.25, 0.3) is 0 Å². The van der Waals surface area contributed by atoms with E-state index in [4.69, 9.17) is 10.00 Å². The normalized spacial score (nSPS) is 15.9. The molecule has 4 heteroatoms. The van der Waals surface area contributed by atoms with Crippen molar-refractivity contribution in [2.24, 2.45) is 5.92 Å². The van der Waals surface area contributed by atoms with Crippen molar-refractivity contribution in [2.75, 3.05) is 26.2 Å². The molecule has 1 aliphatic carbocycles. The molecule has 1 fully saturated rings. The zero-order chi connectivity index (χ0) is 14.4. The van der Waals surface area contributed by atoms with Crippen molar-refractivity contribution in [1.29, 1.82) is 5.26 Å². The minimum absolute atomic E-state index is 0.285. The Bertz CT molecular complexity index is 449. The van der Waals surface area contributed by atoms with Crippen LogP contribution >= 0.6 is 0 Å². The van der Waals surface area contributed by atoms with Gasteiger partial charge >= 0.3 is 0 Å². The Kier molecular flexibility index (Phi) is 5.40. The Morgan fingerprint density at radius 2 is 2.10 bits per heavy atom. The summed E-state index contributed by atoms with van der Waals surface area (Å²) in [5.74, 6) is 1.52. The second-order valence-electron chi connectivity index (χ2n) is 5.40. The van der Waals surface area contributed by atoms with Gasteiger partial charge in [0.1, 0.15) is 18.5 Å². The van der Waals surface area contributed by atoms with Crippen molar-refractivity contribution in [1.82, 2.24) is 4.90 Å². The van der Waals surface area contributed by atoms with Gasteiger partial charge in [-0.1, -0.05) is 6.92 Å². The van der Waals surface area contributed by atoms with E-state index >= 15 is 0 Å². The van der Waals surface area contributed by atoms with Crippen LogP contribution in [0.5, 0.6) is 5.75 Å². The number of aliphatic hydroxyl groups is 1. The molecule has 1 saturated carbocycles. The fourth-order valence-electron chi connectivity index (χ4n) is 2.17. The average molecular weight is 274 g/mol. The number of hydrogen-bond donors (Lipinski definition) is 1. The molecule has 1 N–H and O–H groups in total. The van der Waals surface area contributed by atoms with Crippen molar-refractivity contribution >= 4 is 0 Å². The quantitative estimate of drug-likeness (QED) is 0.788. The van der Waals surface area contributed by atoms with E-state index in [1.807, 2.05) is 0 Å². The number of nitriles is 1. The molecule has 0 spiro atoms. The molecule has 0 amide bonds. The second kappa shape index (κ2) is 7.28. The molecule has 4 nitrogen and oxygen atoms in total. The number of rotatable bonds is 8. The third-order valence-corrected chi connectivity index (χ3v) is 3.56. The van der Waals surface area contributed by atoms with Crippen molar-refractivity contribution in [3.8, 4) is 11.8 Å². The molecule has 0 radical (unpaired) electrons. The topological polar surface area (TPSA) is 56.5 Å². The molecule has 0 bridgehead atoms. The number of benzene rings is 1. The van der Waals surface area contributed by atoms with Crippen LogP contribution in [0.15, 0.2) is 24.3 Å². The summed E-state index contributed by atoms with van der Waals surface area (Å²) < 4.78 is 5.55. The summed E-state index contributed by atoms with van der Waals surface area (Å²) in [4.78, 5) is 2.28. The van der Waals surface area contributed by atoms with E-state index in [2.05, 4.69) is 17.9 Å². The molecule has 108 valence electrons. The smallest absolute Gasteiger partial charge is 0.119 e. The lowest BCUT2D eigenvalue weighted by molar-refractivity contribution is 0.0684. The van der Waals surface area contributed by atoms with Gasteiger partial charge in [0, 0.05) is 13.1 Å². The van der Waals surface area contributed by atoms with Crippen LogP contribution < -0.4 is 4.74 Å². The molecular weight excluding hydrogens is 252 g/mol. The maximum Gasteiger partial charge on any atom is 0.119 e. The number of likely N-dealkylation sites (N-methyl/N-ethyl adjacent to an activating group) is 1. The fourth-order valence-corrected chi connectivity index (χ4v) is 2.17. The molecule has 1 unspecified atom stereocenters. The zero-order valence-corrected chi connectivity index (χ0v) is 12.0. The van der Waals surface area contributed by atoms with Gasteiger partial charge in [-0.3, -0.25) is 0 Å². The molecule has 1 aromatic rings. The summed E-state index contributed by atoms with van der Waals surface area (Å²) in [6.45, 7) is 5.11. The minimum atomic E-state index is -0.482. The molecule has 0 aliphatic heterocycles. The van der Waals surface area contributed by atoms with Gasteiger partial charge in [-0.2, -0.15) is 5.26 Å². The molecule has 2 rings (SSSR count). The lowest BCUT2D eigenvalue weighted by Gasteiger charge is -2.23. The first-order valence-corrected chi connectivity index (χ1v) is 7.24. The SMILES string of the molecule is CCN(CC(O)COc1ccc(C#N)cc1)CC1CC1. The number of aliphatic hydroxyl groups excluding tert-OH is 1. The lowest BCUT2D eigenvalue weighted by atomic mass is 10.2. The van der Waals surface area contributed by atoms with E-state index in [-0.39, 0.29) is 6.61 Å². The highest BCUT2D eigenvalue weighted by atomic mass is 16.5. The van der Waals surface area contributed by atoms with Crippen LogP contribution in [-0.2, 0) is 0 Å². The first kappa shape index (κ1) is 14.8. The van der Waals surface area contributed by atoms with Gasteiger partial charge in [0.2, 0.25) is 0 Å². The maximum atomic E-state index is 10.0. The van der Waals surface area contributed by atoms with Crippen molar-refractivity contribution in [3.63, 3.8) is 0 Å². The van der Waals surface area contributed by atoms with Crippen molar-refractivity contribution < 1.29 is 9.84 Å². The van der Waals surface area contributed by atoms with Gasteiger partial charge in [-0.05, 0) is 49.6 Å². The number of hydrogen-bond acceptors (Lipinski definition) is 4. The highest BCUT2D eigenvalue weighted by Crippen LogP contribution is 2.29. The molecule has 0 aromatic heterocycles. The lowest BCUT2D eigenvalue weighted by Crippen LogP contribution is -2.36. The van der Waals surface area contributed by atoms with Gasteiger partial charge in [-0.25, -0.2) is 0 Å². The Morgan fingerprint density at radius 1 is 1.40 bits per heavy atom. The Labute approximate surface area is 120 Å². The van der Waals surface area contributed by atoms with Gasteiger partial charge in [0.05, 0.1) is 11.6 Å². The predicted molar refractivity (Wildman–Crippen MR) is 77.5 cm³/mol. The van der Waals surface area contributed by atoms with E-state index in [1.54, 1.807) is 24.3 Å². The molecule has 0 heterocycles. The highest BCUT2D eigenvalue weighted by Gasteiger charge is 2.24. The monoisotopic (exact) mass is 274 g/mol. The van der Waals surface area contributed by atoms with Crippen molar-refractivity contribution in [2.45, 2.75) is 25.9 Å². The van der Waals surface area contributed by atoms with E-state index in [1.165, 1.54) is 12.8 Å². The first-order chi connectivity index (χ1) is 9.71. The number of ether oxygens (including phenoxy) is 1. The Hall–Kier alpha value is -1.57. The maximum absolute atomic E-state index is 10.0. The predicted octanol–water partition coefficient (Wildman–Crippen LogP) is 2.03. The summed E-state index contributed by atoms with van der Waals surface area (Å²) in [6.07, 6.45) is 2.17. The van der Waals surface area contributed by atoms with E-state index in [9.17, 15) is 5.11 Å². The van der Waals surface area contributed by atoms with E-state index in [0.29, 0.717) is 17.9 Å². The third-order valence-electron chi connectivity index (χ3n) is 3.56. The molecule has 0 saturated heterocycles. The molecule has 1 aromatic carbocycles. The van der Waals surface area contributed by atoms with E-state index in [0.717, 1.165) is 19.0 Å². The third kappa shape index (κ3) is 4.84. The summed E-state index contributed by atoms with van der Waals surface area (Å²) in [5, 5.41) is 18.7. The average Bonchev–Trinajstić information content (AvgIpc) is 3.29. The van der Waals surface area contributed by atoms with Crippen LogP contribution in [0.2, 0.25) is 0 Å². The highest BCUT2D eigenvalue weighted by molar-refractivity contribution is 5.34. The summed E-state index contributed by atoms with van der Waals surface area (Å²) in [6, 6.07) is 9.01. The number of nitrogens with zero attached hydrogens (tertiary/aromatic N) is 2. The Morgan fingerprint density at radius 3 is 2.65 bits per heavy atom. The molecule has 1 aliphatic rings. The summed E-state index contributed by atoms with van der Waals surface area (Å²) in [7, 11) is 0. The summed E-state index contributed by atoms with van der Waals surface area (Å²) in [5.41, 5.74) is 0.611.